The van der Waals surface area contributed by atoms with Gasteiger partial charge in [0.2, 0.25) is 5.95 Å². The Hall–Kier alpha value is -3.89. The van der Waals surface area contributed by atoms with Gasteiger partial charge in [0.05, 0.1) is 30.7 Å². The molecular formula is C21H25FN6O4. The first-order valence-corrected chi connectivity index (χ1v) is 9.98. The van der Waals surface area contributed by atoms with E-state index in [0.717, 1.165) is 5.56 Å². The summed E-state index contributed by atoms with van der Waals surface area (Å²) >= 11 is 0. The molecule has 10 nitrogen and oxygen atoms in total. The topological polar surface area (TPSA) is 144 Å². The fourth-order valence-electron chi connectivity index (χ4n) is 3.15. The summed E-state index contributed by atoms with van der Waals surface area (Å²) in [6.07, 6.45) is 2.01. The zero-order valence-corrected chi connectivity index (χ0v) is 17.9. The van der Waals surface area contributed by atoms with Gasteiger partial charge in [0.25, 0.3) is 0 Å². The molecule has 3 aromatic rings. The number of fused-ring (bicyclic) bond motifs is 1. The maximum absolute atomic E-state index is 13.6. The van der Waals surface area contributed by atoms with Gasteiger partial charge in [0.15, 0.2) is 0 Å². The second-order valence-corrected chi connectivity index (χ2v) is 7.44. The van der Waals surface area contributed by atoms with E-state index in [2.05, 4.69) is 30.7 Å². The van der Waals surface area contributed by atoms with E-state index >= 15 is 0 Å². The van der Waals surface area contributed by atoms with Gasteiger partial charge in [0, 0.05) is 10.9 Å². The van der Waals surface area contributed by atoms with Gasteiger partial charge in [0.1, 0.15) is 23.8 Å². The minimum absolute atomic E-state index is 0.00954. The largest absolute Gasteiger partial charge is 0.459 e. The number of amides is 3. The highest BCUT2D eigenvalue weighted by Gasteiger charge is 2.25. The number of aromatic nitrogens is 2. The summed E-state index contributed by atoms with van der Waals surface area (Å²) in [7, 11) is 0. The fraction of sp³-hybridized carbons (Fsp3) is 0.333. The SMILES string of the molecule is Cc1c([C@@H](NC(=O)Nc2cnc(NCCOC(N)=O)nc2)C(C)C)oc2ccc(F)cc12. The number of carbonyl (C=O) groups excluding carboxylic acids is 2. The predicted molar refractivity (Wildman–Crippen MR) is 117 cm³/mol. The number of anilines is 2. The van der Waals surface area contributed by atoms with Crippen molar-refractivity contribution in [1.29, 1.82) is 0 Å². The van der Waals surface area contributed by atoms with Gasteiger partial charge < -0.3 is 30.8 Å². The van der Waals surface area contributed by atoms with Crippen molar-refractivity contribution in [1.82, 2.24) is 15.3 Å². The van der Waals surface area contributed by atoms with E-state index in [4.69, 9.17) is 10.2 Å². The Labute approximate surface area is 183 Å². The number of nitrogens with one attached hydrogen (secondary N) is 3. The predicted octanol–water partition coefficient (Wildman–Crippen LogP) is 3.70. The summed E-state index contributed by atoms with van der Waals surface area (Å²) in [5, 5.41) is 9.10. The number of urea groups is 1. The molecular weight excluding hydrogens is 419 g/mol. The minimum Gasteiger partial charge on any atom is -0.459 e. The van der Waals surface area contributed by atoms with Crippen molar-refractivity contribution in [3.8, 4) is 0 Å². The van der Waals surface area contributed by atoms with Crippen LogP contribution in [0.1, 0.15) is 31.2 Å². The van der Waals surface area contributed by atoms with Crippen LogP contribution in [0.3, 0.4) is 0 Å². The summed E-state index contributed by atoms with van der Waals surface area (Å²) in [4.78, 5) is 31.3. The summed E-state index contributed by atoms with van der Waals surface area (Å²) in [5.74, 6) is 0.535. The highest BCUT2D eigenvalue weighted by Crippen LogP contribution is 2.33. The number of nitrogens with two attached hydrogens (primary N) is 1. The quantitative estimate of drug-likeness (QED) is 0.388. The second-order valence-electron chi connectivity index (χ2n) is 7.44. The number of primary amides is 1. The molecule has 1 atom stereocenters. The van der Waals surface area contributed by atoms with Crippen molar-refractivity contribution in [2.24, 2.45) is 11.7 Å². The van der Waals surface area contributed by atoms with E-state index in [1.807, 2.05) is 20.8 Å². The lowest BCUT2D eigenvalue weighted by Gasteiger charge is -2.21. The van der Waals surface area contributed by atoms with Crippen molar-refractivity contribution in [2.45, 2.75) is 26.8 Å². The molecule has 3 amide bonds. The molecule has 0 aliphatic heterocycles. The standard InChI is InChI=1S/C21H25FN6O4/c1-11(2)17(18-12(3)15-8-13(22)4-5-16(15)32-18)28-21(30)27-14-9-25-20(26-10-14)24-6-7-31-19(23)29/h4-5,8-11,17H,6-7H2,1-3H3,(H2,23,29)(H,24,25,26)(H2,27,28,30)/t17-/m0/s1. The molecule has 0 aliphatic rings. The first-order valence-electron chi connectivity index (χ1n) is 9.98. The van der Waals surface area contributed by atoms with Gasteiger partial charge in [-0.05, 0) is 31.0 Å². The number of benzene rings is 1. The van der Waals surface area contributed by atoms with Crippen LogP contribution in [0.25, 0.3) is 11.0 Å². The van der Waals surface area contributed by atoms with Crippen molar-refractivity contribution in [2.75, 3.05) is 23.8 Å². The summed E-state index contributed by atoms with van der Waals surface area (Å²) < 4.78 is 24.1. The number of ether oxygens (including phenoxy) is 1. The van der Waals surface area contributed by atoms with Crippen LogP contribution in [-0.2, 0) is 4.74 Å². The molecule has 5 N–H and O–H groups in total. The molecule has 0 saturated heterocycles. The zero-order chi connectivity index (χ0) is 23.3. The molecule has 0 saturated carbocycles. The minimum atomic E-state index is -0.858. The lowest BCUT2D eigenvalue weighted by Crippen LogP contribution is -2.35. The number of halogens is 1. The molecule has 2 aromatic heterocycles. The van der Waals surface area contributed by atoms with Crippen molar-refractivity contribution in [3.63, 3.8) is 0 Å². The number of rotatable bonds is 8. The van der Waals surface area contributed by atoms with Crippen LogP contribution in [0.5, 0.6) is 0 Å². The van der Waals surface area contributed by atoms with Gasteiger partial charge >= 0.3 is 12.1 Å². The molecule has 0 spiro atoms. The van der Waals surface area contributed by atoms with Gasteiger partial charge in [-0.25, -0.2) is 23.9 Å². The van der Waals surface area contributed by atoms with Crippen molar-refractivity contribution >= 4 is 34.7 Å². The Morgan fingerprint density at radius 3 is 2.62 bits per heavy atom. The maximum Gasteiger partial charge on any atom is 0.404 e. The molecule has 32 heavy (non-hydrogen) atoms. The third-order valence-corrected chi connectivity index (χ3v) is 4.71. The molecule has 3 rings (SSSR count). The second kappa shape index (κ2) is 9.94. The third kappa shape index (κ3) is 5.62. The Kier molecular flexibility index (Phi) is 7.08. The van der Waals surface area contributed by atoms with Gasteiger partial charge in [-0.3, -0.25) is 0 Å². The Bertz CT molecular complexity index is 1100. The summed E-state index contributed by atoms with van der Waals surface area (Å²) in [5.41, 5.74) is 6.59. The van der Waals surface area contributed by atoms with Gasteiger partial charge in [-0.1, -0.05) is 13.8 Å². The van der Waals surface area contributed by atoms with E-state index in [9.17, 15) is 14.0 Å². The zero-order valence-electron chi connectivity index (χ0n) is 17.9. The molecule has 0 bridgehead atoms. The van der Waals surface area contributed by atoms with Crippen LogP contribution in [0.4, 0.5) is 25.6 Å². The van der Waals surface area contributed by atoms with E-state index in [1.54, 1.807) is 6.07 Å². The number of furan rings is 1. The smallest absolute Gasteiger partial charge is 0.404 e. The number of nitrogens with zero attached hydrogens (tertiary/aromatic N) is 2. The van der Waals surface area contributed by atoms with Crippen LogP contribution in [0.15, 0.2) is 35.0 Å². The molecule has 0 unspecified atom stereocenters. The molecule has 0 fully saturated rings. The Balaban J connectivity index is 1.63. The lowest BCUT2D eigenvalue weighted by molar-refractivity contribution is 0.161. The number of carbonyl (C=O) groups is 2. The Morgan fingerprint density at radius 2 is 1.97 bits per heavy atom. The average Bonchev–Trinajstić information content (AvgIpc) is 3.06. The van der Waals surface area contributed by atoms with Gasteiger partial charge in [-0.2, -0.15) is 0 Å². The molecule has 11 heteroatoms. The molecule has 170 valence electrons. The van der Waals surface area contributed by atoms with Crippen molar-refractivity contribution in [3.05, 3.63) is 47.7 Å². The first-order chi connectivity index (χ1) is 15.2. The highest BCUT2D eigenvalue weighted by atomic mass is 19.1. The van der Waals surface area contributed by atoms with E-state index < -0.39 is 18.2 Å². The number of hydrogen-bond donors (Lipinski definition) is 4. The summed E-state index contributed by atoms with van der Waals surface area (Å²) in [6, 6.07) is 3.43. The number of aryl methyl sites for hydroxylation is 1. The normalized spacial score (nSPS) is 11.9. The van der Waals surface area contributed by atoms with E-state index in [-0.39, 0.29) is 24.9 Å². The average molecular weight is 444 g/mol. The number of hydrogen-bond acceptors (Lipinski definition) is 7. The van der Waals surface area contributed by atoms with Crippen LogP contribution in [0.2, 0.25) is 0 Å². The first kappa shape index (κ1) is 22.8. The van der Waals surface area contributed by atoms with Crippen LogP contribution in [-0.4, -0.2) is 35.2 Å². The maximum atomic E-state index is 13.6. The van der Waals surface area contributed by atoms with Crippen LogP contribution < -0.4 is 21.7 Å². The lowest BCUT2D eigenvalue weighted by atomic mass is 9.98. The third-order valence-electron chi connectivity index (χ3n) is 4.71. The highest BCUT2D eigenvalue weighted by molar-refractivity contribution is 5.89. The molecule has 0 radical (unpaired) electrons. The van der Waals surface area contributed by atoms with Crippen LogP contribution in [0, 0.1) is 18.7 Å². The molecule has 1 aromatic carbocycles. The molecule has 0 aliphatic carbocycles. The van der Waals surface area contributed by atoms with Crippen molar-refractivity contribution < 1.29 is 23.1 Å². The fourth-order valence-corrected chi connectivity index (χ4v) is 3.15. The van der Waals surface area contributed by atoms with Crippen LogP contribution >= 0.6 is 0 Å². The van der Waals surface area contributed by atoms with E-state index in [1.165, 1.54) is 24.5 Å². The van der Waals surface area contributed by atoms with Gasteiger partial charge in [-0.15, -0.1) is 0 Å². The monoisotopic (exact) mass is 444 g/mol. The van der Waals surface area contributed by atoms with E-state index in [0.29, 0.717) is 28.4 Å². The summed E-state index contributed by atoms with van der Waals surface area (Å²) in [6.45, 7) is 6.09. The Morgan fingerprint density at radius 1 is 1.25 bits per heavy atom. The molecule has 2 heterocycles.